The Morgan fingerprint density at radius 3 is 2.15 bits per heavy atom. The van der Waals surface area contributed by atoms with E-state index in [-0.39, 0.29) is 5.56 Å². The van der Waals surface area contributed by atoms with Crippen molar-refractivity contribution in [1.82, 2.24) is 4.98 Å². The minimum atomic E-state index is 0.00810. The Bertz CT molecular complexity index is 173. The number of hydrogen-bond acceptors (Lipinski definition) is 2. The minimum absolute atomic E-state index is 0.00810. The molecule has 72 valence electrons. The number of halogens is 1. The van der Waals surface area contributed by atoms with Crippen LogP contribution in [0.25, 0.3) is 0 Å². The zero-order valence-electron chi connectivity index (χ0n) is 7.53. The van der Waals surface area contributed by atoms with Gasteiger partial charge < -0.3 is 4.74 Å². The van der Waals surface area contributed by atoms with Crippen LogP contribution >= 0.6 is 11.6 Å². The van der Waals surface area contributed by atoms with E-state index in [0.717, 1.165) is 13.0 Å². The smallest absolute Gasteiger partial charge is 0.131 e. The molecule has 1 aromatic rings. The van der Waals surface area contributed by atoms with Crippen molar-refractivity contribution in [2.45, 2.75) is 24.8 Å². The summed E-state index contributed by atoms with van der Waals surface area (Å²) in [5.41, 5.74) is 0.00810. The van der Waals surface area contributed by atoms with Crippen molar-refractivity contribution in [3.05, 3.63) is 30.6 Å². The first-order valence-electron chi connectivity index (χ1n) is 4.50. The number of rotatable bonds is 0. The summed E-state index contributed by atoms with van der Waals surface area (Å²) in [5, 5.41) is 0. The number of pyridine rings is 1. The third kappa shape index (κ3) is 5.61. The van der Waals surface area contributed by atoms with Gasteiger partial charge >= 0.3 is 0 Å². The molecule has 1 aliphatic rings. The summed E-state index contributed by atoms with van der Waals surface area (Å²) >= 11 is 5.59. The van der Waals surface area contributed by atoms with Crippen molar-refractivity contribution in [2.75, 3.05) is 6.61 Å². The van der Waals surface area contributed by atoms with E-state index in [2.05, 4.69) is 4.98 Å². The first kappa shape index (κ1) is 10.5. The number of aromatic nitrogens is 1. The van der Waals surface area contributed by atoms with Gasteiger partial charge in [-0.05, 0) is 31.4 Å². The summed E-state index contributed by atoms with van der Waals surface area (Å²) in [6.07, 6.45) is 6.94. The lowest BCUT2D eigenvalue weighted by molar-refractivity contribution is 0.0680. The second kappa shape index (κ2) is 6.87. The molecular formula is C10H14ClNO. The van der Waals surface area contributed by atoms with Gasteiger partial charge in [-0.2, -0.15) is 0 Å². The molecule has 0 N–H and O–H groups in total. The van der Waals surface area contributed by atoms with Crippen molar-refractivity contribution in [1.29, 1.82) is 0 Å². The van der Waals surface area contributed by atoms with E-state index in [1.54, 1.807) is 12.4 Å². The number of alkyl halides is 1. The molecule has 0 aromatic carbocycles. The molecule has 2 heterocycles. The summed E-state index contributed by atoms with van der Waals surface area (Å²) in [4.78, 5) is 3.78. The molecule has 1 fully saturated rings. The average molecular weight is 200 g/mol. The van der Waals surface area contributed by atoms with Crippen molar-refractivity contribution in [2.24, 2.45) is 0 Å². The molecule has 1 aromatic heterocycles. The largest absolute Gasteiger partial charge is 0.362 e. The predicted molar refractivity (Wildman–Crippen MR) is 53.7 cm³/mol. The van der Waals surface area contributed by atoms with Crippen LogP contribution in [-0.4, -0.2) is 17.2 Å². The average Bonchev–Trinajstić information content (AvgIpc) is 2.22. The monoisotopic (exact) mass is 199 g/mol. The van der Waals surface area contributed by atoms with Gasteiger partial charge in [0.15, 0.2) is 0 Å². The van der Waals surface area contributed by atoms with E-state index < -0.39 is 0 Å². The molecule has 1 saturated heterocycles. The lowest BCUT2D eigenvalue weighted by Crippen LogP contribution is -2.11. The molecule has 2 rings (SSSR count). The number of ether oxygens (including phenoxy) is 1. The van der Waals surface area contributed by atoms with Gasteiger partial charge in [-0.25, -0.2) is 0 Å². The highest BCUT2D eigenvalue weighted by atomic mass is 35.5. The van der Waals surface area contributed by atoms with Crippen LogP contribution in [0.3, 0.4) is 0 Å². The molecule has 13 heavy (non-hydrogen) atoms. The third-order valence-electron chi connectivity index (χ3n) is 1.69. The summed E-state index contributed by atoms with van der Waals surface area (Å²) in [6.45, 7) is 0.855. The highest BCUT2D eigenvalue weighted by molar-refractivity contribution is 6.19. The van der Waals surface area contributed by atoms with Gasteiger partial charge in [0.1, 0.15) is 5.56 Å². The first-order chi connectivity index (χ1) is 6.39. The molecule has 0 saturated carbocycles. The second-order valence-corrected chi connectivity index (χ2v) is 3.29. The lowest BCUT2D eigenvalue weighted by atomic mass is 10.2. The van der Waals surface area contributed by atoms with E-state index in [9.17, 15) is 0 Å². The molecule has 3 heteroatoms. The maximum atomic E-state index is 5.59. The van der Waals surface area contributed by atoms with Crippen LogP contribution in [0.2, 0.25) is 0 Å². The normalized spacial score (nSPS) is 21.5. The molecule has 0 amide bonds. The van der Waals surface area contributed by atoms with Gasteiger partial charge in [0.25, 0.3) is 0 Å². The SMILES string of the molecule is ClC1CCCCO1.c1ccncc1. The zero-order valence-corrected chi connectivity index (χ0v) is 8.28. The van der Waals surface area contributed by atoms with Gasteiger partial charge in [0, 0.05) is 19.0 Å². The van der Waals surface area contributed by atoms with Crippen molar-refractivity contribution < 1.29 is 4.74 Å². The molecular weight excluding hydrogens is 186 g/mol. The molecule has 2 nitrogen and oxygen atoms in total. The Kier molecular flexibility index (Phi) is 5.54. The van der Waals surface area contributed by atoms with E-state index in [1.807, 2.05) is 18.2 Å². The van der Waals surface area contributed by atoms with Crippen LogP contribution in [0.15, 0.2) is 30.6 Å². The maximum Gasteiger partial charge on any atom is 0.131 e. The minimum Gasteiger partial charge on any atom is -0.362 e. The highest BCUT2D eigenvalue weighted by Gasteiger charge is 2.08. The second-order valence-electron chi connectivity index (χ2n) is 2.80. The standard InChI is InChI=1S/C5H9ClO.C5H5N/c6-5-3-1-2-4-7-5;1-2-4-6-5-3-1/h5H,1-4H2;1-5H. The number of nitrogens with zero attached hydrogens (tertiary/aromatic N) is 1. The fourth-order valence-corrected chi connectivity index (χ4v) is 1.26. The van der Waals surface area contributed by atoms with Crippen LogP contribution in [-0.2, 0) is 4.74 Å². The van der Waals surface area contributed by atoms with Crippen LogP contribution in [0, 0.1) is 0 Å². The van der Waals surface area contributed by atoms with Gasteiger partial charge in [0.05, 0.1) is 0 Å². The maximum absolute atomic E-state index is 5.59. The van der Waals surface area contributed by atoms with E-state index in [0.29, 0.717) is 0 Å². The topological polar surface area (TPSA) is 22.1 Å². The zero-order chi connectivity index (χ0) is 9.36. The van der Waals surface area contributed by atoms with Gasteiger partial charge in [-0.3, -0.25) is 4.98 Å². The van der Waals surface area contributed by atoms with Crippen molar-refractivity contribution in [3.63, 3.8) is 0 Å². The molecule has 0 radical (unpaired) electrons. The Labute approximate surface area is 83.9 Å². The Hall–Kier alpha value is -0.600. The van der Waals surface area contributed by atoms with Crippen molar-refractivity contribution in [3.8, 4) is 0 Å². The molecule has 0 bridgehead atoms. The summed E-state index contributed by atoms with van der Waals surface area (Å²) < 4.78 is 5.04. The summed E-state index contributed by atoms with van der Waals surface area (Å²) in [5.74, 6) is 0. The summed E-state index contributed by atoms with van der Waals surface area (Å²) in [7, 11) is 0. The van der Waals surface area contributed by atoms with Crippen molar-refractivity contribution >= 4 is 11.6 Å². The van der Waals surface area contributed by atoms with E-state index in [4.69, 9.17) is 16.3 Å². The summed E-state index contributed by atoms with van der Waals surface area (Å²) in [6, 6.07) is 5.72. The van der Waals surface area contributed by atoms with E-state index in [1.165, 1.54) is 12.8 Å². The Morgan fingerprint density at radius 2 is 1.92 bits per heavy atom. The molecule has 1 unspecified atom stereocenters. The van der Waals surface area contributed by atoms with Crippen LogP contribution < -0.4 is 0 Å². The van der Waals surface area contributed by atoms with Gasteiger partial charge in [-0.15, -0.1) is 0 Å². The van der Waals surface area contributed by atoms with Gasteiger partial charge in [0.2, 0.25) is 0 Å². The van der Waals surface area contributed by atoms with Crippen LogP contribution in [0.4, 0.5) is 0 Å². The lowest BCUT2D eigenvalue weighted by Gasteiger charge is -2.15. The number of hydrogen-bond donors (Lipinski definition) is 0. The first-order valence-corrected chi connectivity index (χ1v) is 4.94. The molecule has 0 aliphatic carbocycles. The van der Waals surface area contributed by atoms with Gasteiger partial charge in [-0.1, -0.05) is 17.7 Å². The highest BCUT2D eigenvalue weighted by Crippen LogP contribution is 2.14. The third-order valence-corrected chi connectivity index (χ3v) is 2.03. The molecule has 0 spiro atoms. The Morgan fingerprint density at radius 1 is 1.15 bits per heavy atom. The van der Waals surface area contributed by atoms with Crippen LogP contribution in [0.1, 0.15) is 19.3 Å². The molecule has 1 atom stereocenters. The fraction of sp³-hybridized carbons (Fsp3) is 0.500. The fourth-order valence-electron chi connectivity index (χ4n) is 1.01. The molecule has 1 aliphatic heterocycles. The predicted octanol–water partition coefficient (Wildman–Crippen LogP) is 2.83. The van der Waals surface area contributed by atoms with Crippen LogP contribution in [0.5, 0.6) is 0 Å². The Balaban J connectivity index is 0.000000132. The quantitative estimate of drug-likeness (QED) is 0.600. The van der Waals surface area contributed by atoms with E-state index >= 15 is 0 Å².